The number of nitrogens with zero attached hydrogens (tertiary/aromatic N) is 4. The van der Waals surface area contributed by atoms with Crippen LogP contribution in [0.5, 0.6) is 5.75 Å². The summed E-state index contributed by atoms with van der Waals surface area (Å²) in [4.78, 5) is 23.4. The zero-order valence-corrected chi connectivity index (χ0v) is 19.7. The van der Waals surface area contributed by atoms with E-state index in [4.69, 9.17) is 9.72 Å². The van der Waals surface area contributed by atoms with Crippen molar-refractivity contribution in [3.05, 3.63) is 81.9 Å². The second-order valence-corrected chi connectivity index (χ2v) is 8.98. The van der Waals surface area contributed by atoms with Gasteiger partial charge in [0, 0.05) is 29.1 Å². The maximum absolute atomic E-state index is 14.7. The average Bonchev–Trinajstić information content (AvgIpc) is 3.31. The van der Waals surface area contributed by atoms with E-state index >= 15 is 0 Å². The minimum Gasteiger partial charge on any atom is -0.494 e. The maximum atomic E-state index is 14.7. The molecule has 176 valence electrons. The Hall–Kier alpha value is -4.09. The van der Waals surface area contributed by atoms with Crippen LogP contribution < -0.4 is 15.6 Å². The monoisotopic (exact) mass is 469 g/mol. The number of benzene rings is 2. The summed E-state index contributed by atoms with van der Waals surface area (Å²) in [6, 6.07) is 13.6. The minimum atomic E-state index is -0.597. The van der Waals surface area contributed by atoms with Crippen molar-refractivity contribution in [3.63, 3.8) is 0 Å². The molecule has 0 unspecified atom stereocenters. The second kappa shape index (κ2) is 8.60. The third-order valence-electron chi connectivity index (χ3n) is 6.58. The molecule has 1 N–H and O–H groups in total. The van der Waals surface area contributed by atoms with Crippen molar-refractivity contribution in [1.82, 2.24) is 19.9 Å². The molecule has 1 aliphatic heterocycles. The van der Waals surface area contributed by atoms with Crippen LogP contribution >= 0.6 is 0 Å². The van der Waals surface area contributed by atoms with Gasteiger partial charge in [0.15, 0.2) is 11.6 Å². The molecule has 8 heteroatoms. The van der Waals surface area contributed by atoms with E-state index in [9.17, 15) is 14.4 Å². The first-order valence-electron chi connectivity index (χ1n) is 11.4. The van der Waals surface area contributed by atoms with E-state index < -0.39 is 11.4 Å². The van der Waals surface area contributed by atoms with Gasteiger partial charge < -0.3 is 10.1 Å². The highest BCUT2D eigenvalue weighted by Crippen LogP contribution is 2.34. The number of halogens is 1. The Balaban J connectivity index is 1.89. The summed E-state index contributed by atoms with van der Waals surface area (Å²) in [7, 11) is 1.39. The number of aromatic nitrogens is 3. The Morgan fingerprint density at radius 2 is 2.06 bits per heavy atom. The molecule has 1 saturated heterocycles. The zero-order valence-electron chi connectivity index (χ0n) is 19.7. The minimum absolute atomic E-state index is 0.0863. The summed E-state index contributed by atoms with van der Waals surface area (Å²) in [5.74, 6) is -0.00371. The van der Waals surface area contributed by atoms with Gasteiger partial charge in [-0.3, -0.25) is 14.3 Å². The van der Waals surface area contributed by atoms with Crippen LogP contribution in [0, 0.1) is 24.1 Å². The summed E-state index contributed by atoms with van der Waals surface area (Å²) >= 11 is 0. The van der Waals surface area contributed by atoms with Gasteiger partial charge in [-0.2, -0.15) is 5.26 Å². The van der Waals surface area contributed by atoms with Gasteiger partial charge in [0.05, 0.1) is 40.9 Å². The van der Waals surface area contributed by atoms with E-state index in [0.717, 1.165) is 30.6 Å². The number of ether oxygens (including phenoxy) is 1. The number of nitrogens with one attached hydrogen (secondary N) is 1. The van der Waals surface area contributed by atoms with Crippen LogP contribution in [0.2, 0.25) is 0 Å². The summed E-state index contributed by atoms with van der Waals surface area (Å²) in [6.45, 7) is 4.67. The van der Waals surface area contributed by atoms with E-state index in [2.05, 4.69) is 16.4 Å². The van der Waals surface area contributed by atoms with Crippen LogP contribution in [0.3, 0.4) is 0 Å². The molecule has 1 aliphatic rings. The van der Waals surface area contributed by atoms with Gasteiger partial charge in [0.1, 0.15) is 5.82 Å². The fraction of sp³-hybridized carbons (Fsp3) is 0.259. The van der Waals surface area contributed by atoms with E-state index in [-0.39, 0.29) is 16.7 Å². The van der Waals surface area contributed by atoms with Gasteiger partial charge in [-0.25, -0.2) is 9.37 Å². The van der Waals surface area contributed by atoms with Crippen LogP contribution in [0.4, 0.5) is 4.39 Å². The molecule has 4 aromatic rings. The highest BCUT2D eigenvalue weighted by molar-refractivity contribution is 5.94. The lowest BCUT2D eigenvalue weighted by Crippen LogP contribution is -2.40. The quantitative estimate of drug-likeness (QED) is 0.477. The van der Waals surface area contributed by atoms with Gasteiger partial charge in [-0.05, 0) is 63.6 Å². The molecule has 0 amide bonds. The first-order chi connectivity index (χ1) is 16.8. The number of hydrogen-bond donors (Lipinski definition) is 1. The van der Waals surface area contributed by atoms with Crippen molar-refractivity contribution in [3.8, 4) is 28.6 Å². The Kier molecular flexibility index (Phi) is 5.58. The van der Waals surface area contributed by atoms with E-state index in [0.29, 0.717) is 28.2 Å². The molecule has 0 spiro atoms. The summed E-state index contributed by atoms with van der Waals surface area (Å²) in [5.41, 5.74) is 2.45. The lowest BCUT2D eigenvalue weighted by molar-refractivity contribution is 0.385. The largest absolute Gasteiger partial charge is 0.494 e. The molecule has 5 rings (SSSR count). The Labute approximate surface area is 201 Å². The molecule has 2 aromatic carbocycles. The Morgan fingerprint density at radius 1 is 1.23 bits per heavy atom. The number of methoxy groups -OCH3 is 1. The highest BCUT2D eigenvalue weighted by Gasteiger charge is 2.36. The zero-order chi connectivity index (χ0) is 24.7. The van der Waals surface area contributed by atoms with Gasteiger partial charge in [0.2, 0.25) is 0 Å². The third-order valence-corrected chi connectivity index (χ3v) is 6.58. The molecule has 1 fully saturated rings. The first-order valence-corrected chi connectivity index (χ1v) is 11.4. The van der Waals surface area contributed by atoms with Crippen LogP contribution in [0.1, 0.15) is 36.8 Å². The van der Waals surface area contributed by atoms with Gasteiger partial charge in [-0.15, -0.1) is 0 Å². The van der Waals surface area contributed by atoms with Crippen molar-refractivity contribution in [2.75, 3.05) is 13.7 Å². The number of hydrogen-bond acceptors (Lipinski definition) is 6. The fourth-order valence-electron chi connectivity index (χ4n) is 4.69. The van der Waals surface area contributed by atoms with Crippen molar-refractivity contribution >= 4 is 10.9 Å². The normalized spacial score (nSPS) is 17.5. The fourth-order valence-corrected chi connectivity index (χ4v) is 4.69. The molecule has 0 saturated carbocycles. The number of fused-ring (bicyclic) bond motifs is 1. The second-order valence-electron chi connectivity index (χ2n) is 8.98. The molecule has 3 heterocycles. The number of pyridine rings is 1. The molecule has 35 heavy (non-hydrogen) atoms. The predicted molar refractivity (Wildman–Crippen MR) is 131 cm³/mol. The predicted octanol–water partition coefficient (Wildman–Crippen LogP) is 4.37. The van der Waals surface area contributed by atoms with E-state index in [1.165, 1.54) is 23.8 Å². The molecule has 1 atom stereocenters. The molecule has 7 nitrogen and oxygen atoms in total. The Morgan fingerprint density at radius 3 is 2.69 bits per heavy atom. The molecule has 0 bridgehead atoms. The van der Waals surface area contributed by atoms with Gasteiger partial charge in [-0.1, -0.05) is 6.07 Å². The number of nitriles is 1. The van der Waals surface area contributed by atoms with Crippen LogP contribution in [0.15, 0.2) is 53.5 Å². The molecule has 2 aromatic heterocycles. The van der Waals surface area contributed by atoms with Crippen molar-refractivity contribution in [2.24, 2.45) is 0 Å². The van der Waals surface area contributed by atoms with E-state index in [1.54, 1.807) is 24.4 Å². The molecule has 0 aliphatic carbocycles. The van der Waals surface area contributed by atoms with Gasteiger partial charge >= 0.3 is 0 Å². The summed E-state index contributed by atoms with van der Waals surface area (Å²) in [6.07, 6.45) is 3.40. The van der Waals surface area contributed by atoms with Crippen molar-refractivity contribution < 1.29 is 9.13 Å². The SMILES string of the molecule is COc1ccc(-n2c([C@@]3(C)CCCN3)nc3c(-c4ccc(C)nc4)cc(C#N)cc3c2=O)cc1F. The summed E-state index contributed by atoms with van der Waals surface area (Å²) in [5, 5.41) is 13.4. The average molecular weight is 470 g/mol. The number of aryl methyl sites for hydroxylation is 1. The molecule has 0 radical (unpaired) electrons. The lowest BCUT2D eigenvalue weighted by atomic mass is 9.96. The van der Waals surface area contributed by atoms with Crippen molar-refractivity contribution in [1.29, 1.82) is 5.26 Å². The maximum Gasteiger partial charge on any atom is 0.266 e. The van der Waals surface area contributed by atoms with E-state index in [1.807, 2.05) is 26.0 Å². The first kappa shape index (κ1) is 22.7. The smallest absolute Gasteiger partial charge is 0.266 e. The number of rotatable bonds is 4. The van der Waals surface area contributed by atoms with Crippen LogP contribution in [0.25, 0.3) is 27.7 Å². The highest BCUT2D eigenvalue weighted by atomic mass is 19.1. The van der Waals surface area contributed by atoms with Gasteiger partial charge in [0.25, 0.3) is 5.56 Å². The van der Waals surface area contributed by atoms with Crippen LogP contribution in [-0.2, 0) is 5.54 Å². The van der Waals surface area contributed by atoms with Crippen LogP contribution in [-0.4, -0.2) is 28.2 Å². The molecular formula is C27H24FN5O2. The topological polar surface area (TPSA) is 92.8 Å². The lowest BCUT2D eigenvalue weighted by Gasteiger charge is -2.28. The third kappa shape index (κ3) is 3.84. The summed E-state index contributed by atoms with van der Waals surface area (Å²) < 4.78 is 21.2. The Bertz CT molecular complexity index is 1550. The van der Waals surface area contributed by atoms with Crippen molar-refractivity contribution in [2.45, 2.75) is 32.2 Å². The molecular weight excluding hydrogens is 445 g/mol. The standard InChI is InChI=1S/C27H24FN5O2/c1-16-5-6-18(15-30-16)20-11-17(14-29)12-21-24(20)32-26(27(2)9-4-10-31-27)33(25(21)34)19-7-8-23(35-3)22(28)13-19/h5-8,11-13,15,31H,4,9-10H2,1-3H3/t27-/m1/s1.